The second-order valence-corrected chi connectivity index (χ2v) is 14.0. The van der Waals surface area contributed by atoms with Gasteiger partial charge < -0.3 is 13.9 Å². The van der Waals surface area contributed by atoms with Gasteiger partial charge in [-0.1, -0.05) is 39.0 Å². The highest BCUT2D eigenvalue weighted by Crippen LogP contribution is 2.37. The molecule has 0 amide bonds. The van der Waals surface area contributed by atoms with Crippen molar-refractivity contribution in [3.05, 3.63) is 63.6 Å². The van der Waals surface area contributed by atoms with Gasteiger partial charge in [-0.3, -0.25) is 0 Å². The zero-order chi connectivity index (χ0) is 20.9. The van der Waals surface area contributed by atoms with Crippen molar-refractivity contribution in [3.8, 4) is 5.75 Å². The quantitative estimate of drug-likeness (QED) is 0.354. The number of hydrogen-bond donors (Lipinski definition) is 0. The van der Waals surface area contributed by atoms with Crippen molar-refractivity contribution in [2.24, 2.45) is 0 Å². The molecule has 0 aliphatic rings. The molecule has 0 aliphatic heterocycles. The number of benzene rings is 2. The van der Waals surface area contributed by atoms with Gasteiger partial charge in [0.05, 0.1) is 19.3 Å². The summed E-state index contributed by atoms with van der Waals surface area (Å²) in [5, 5.41) is 0.181. The van der Waals surface area contributed by atoms with Gasteiger partial charge in [0.25, 0.3) is 0 Å². The fourth-order valence-corrected chi connectivity index (χ4v) is 3.67. The molecule has 0 unspecified atom stereocenters. The van der Waals surface area contributed by atoms with Gasteiger partial charge >= 0.3 is 5.97 Å². The van der Waals surface area contributed by atoms with Crippen molar-refractivity contribution in [2.45, 2.75) is 52.1 Å². The minimum Gasteiger partial charge on any atom is -0.489 e. The lowest BCUT2D eigenvalue weighted by Crippen LogP contribution is -2.40. The highest BCUT2D eigenvalue weighted by atomic mass is 79.9. The normalized spacial score (nSPS) is 12.0. The van der Waals surface area contributed by atoms with E-state index in [4.69, 9.17) is 13.9 Å². The smallest absolute Gasteiger partial charge is 0.339 e. The van der Waals surface area contributed by atoms with Gasteiger partial charge in [-0.2, -0.15) is 0 Å². The maximum Gasteiger partial charge on any atom is 0.339 e. The predicted molar refractivity (Wildman–Crippen MR) is 118 cm³/mol. The number of methoxy groups -OCH3 is 1. The van der Waals surface area contributed by atoms with E-state index in [2.05, 4.69) is 55.9 Å². The molecular formula is C22H29BrO4Si. The molecule has 28 heavy (non-hydrogen) atoms. The van der Waals surface area contributed by atoms with E-state index >= 15 is 0 Å². The molecule has 0 bridgehead atoms. The van der Waals surface area contributed by atoms with Crippen LogP contribution in [-0.2, 0) is 22.4 Å². The summed E-state index contributed by atoms with van der Waals surface area (Å²) in [4.78, 5) is 11.8. The first-order valence-corrected chi connectivity index (χ1v) is 13.0. The van der Waals surface area contributed by atoms with Gasteiger partial charge in [0.1, 0.15) is 12.4 Å². The average molecular weight is 465 g/mol. The summed E-state index contributed by atoms with van der Waals surface area (Å²) in [5.41, 5.74) is 2.47. The minimum atomic E-state index is -1.79. The lowest BCUT2D eigenvalue weighted by molar-refractivity contribution is 0.0599. The number of ether oxygens (including phenoxy) is 2. The largest absolute Gasteiger partial charge is 0.489 e. The van der Waals surface area contributed by atoms with Gasteiger partial charge in [-0.15, -0.1) is 0 Å². The van der Waals surface area contributed by atoms with Crippen LogP contribution in [0.25, 0.3) is 0 Å². The van der Waals surface area contributed by atoms with Crippen LogP contribution in [0.4, 0.5) is 0 Å². The van der Waals surface area contributed by atoms with Crippen LogP contribution in [0, 0.1) is 0 Å². The van der Waals surface area contributed by atoms with E-state index in [-0.39, 0.29) is 11.0 Å². The molecule has 4 nitrogen and oxygen atoms in total. The Morgan fingerprint density at radius 1 is 1.04 bits per heavy atom. The van der Waals surface area contributed by atoms with Crippen LogP contribution >= 0.6 is 15.9 Å². The highest BCUT2D eigenvalue weighted by molar-refractivity contribution is 9.10. The van der Waals surface area contributed by atoms with Gasteiger partial charge in [-0.25, -0.2) is 4.79 Å². The van der Waals surface area contributed by atoms with Gasteiger partial charge in [-0.05, 0) is 69.5 Å². The zero-order valence-electron chi connectivity index (χ0n) is 17.5. The summed E-state index contributed by atoms with van der Waals surface area (Å²) in [6, 6.07) is 13.5. The monoisotopic (exact) mass is 464 g/mol. The Morgan fingerprint density at radius 3 is 2.36 bits per heavy atom. The standard InChI is InChI=1S/C22H29BrO4Si/c1-22(2,3)28(5,6)27-15-16-8-7-9-18(12-16)26-14-17-10-11-20(23)19(13-17)21(24)25-4/h7-13H,14-15H2,1-6H3. The molecule has 0 heterocycles. The van der Waals surface area contributed by atoms with Crippen molar-refractivity contribution in [2.75, 3.05) is 7.11 Å². The summed E-state index contributed by atoms with van der Waals surface area (Å²) >= 11 is 3.37. The molecule has 0 saturated carbocycles. The fourth-order valence-electron chi connectivity index (χ4n) is 2.30. The third-order valence-electron chi connectivity index (χ3n) is 5.15. The Balaban J connectivity index is 2.03. The Hall–Kier alpha value is -1.63. The molecular weight excluding hydrogens is 436 g/mol. The second-order valence-electron chi connectivity index (χ2n) is 8.29. The zero-order valence-corrected chi connectivity index (χ0v) is 20.1. The van der Waals surface area contributed by atoms with Crippen LogP contribution in [0.5, 0.6) is 5.75 Å². The van der Waals surface area contributed by atoms with Crippen molar-refractivity contribution in [1.82, 2.24) is 0 Å². The minimum absolute atomic E-state index is 0.181. The van der Waals surface area contributed by atoms with E-state index in [0.717, 1.165) is 16.9 Å². The summed E-state index contributed by atoms with van der Waals surface area (Å²) in [7, 11) is -0.421. The summed E-state index contributed by atoms with van der Waals surface area (Å²) in [6.45, 7) is 12.2. The van der Waals surface area contributed by atoms with Gasteiger partial charge in [0, 0.05) is 4.47 Å². The Labute approximate surface area is 177 Å². The SMILES string of the molecule is COC(=O)c1cc(COc2cccc(CO[Si](C)(C)C(C)(C)C)c2)ccc1Br. The van der Waals surface area contributed by atoms with Crippen molar-refractivity contribution in [1.29, 1.82) is 0 Å². The van der Waals surface area contributed by atoms with Gasteiger partial charge in [0.2, 0.25) is 0 Å². The summed E-state index contributed by atoms with van der Waals surface area (Å²) < 4.78 is 17.7. The maximum absolute atomic E-state index is 11.8. The van der Waals surface area contributed by atoms with Crippen molar-refractivity contribution in [3.63, 3.8) is 0 Å². The first-order valence-electron chi connectivity index (χ1n) is 9.26. The fraction of sp³-hybridized carbons (Fsp3) is 0.409. The Morgan fingerprint density at radius 2 is 1.71 bits per heavy atom. The van der Waals surface area contributed by atoms with Crippen LogP contribution in [0.15, 0.2) is 46.9 Å². The van der Waals surface area contributed by atoms with Crippen LogP contribution in [0.2, 0.25) is 18.1 Å². The molecule has 0 fully saturated rings. The third-order valence-corrected chi connectivity index (χ3v) is 10.3. The summed E-state index contributed by atoms with van der Waals surface area (Å²) in [6.07, 6.45) is 0. The lowest BCUT2D eigenvalue weighted by Gasteiger charge is -2.36. The molecule has 152 valence electrons. The number of carbonyl (C=O) groups excluding carboxylic acids is 1. The van der Waals surface area contributed by atoms with E-state index in [1.54, 1.807) is 6.07 Å². The van der Waals surface area contributed by atoms with E-state index < -0.39 is 8.32 Å². The van der Waals surface area contributed by atoms with E-state index in [9.17, 15) is 4.79 Å². The lowest BCUT2D eigenvalue weighted by atomic mass is 10.1. The van der Waals surface area contributed by atoms with Crippen LogP contribution < -0.4 is 4.74 Å². The van der Waals surface area contributed by atoms with E-state index in [0.29, 0.717) is 23.2 Å². The van der Waals surface area contributed by atoms with E-state index in [1.807, 2.05) is 30.3 Å². The molecule has 2 aromatic carbocycles. The first kappa shape index (κ1) is 22.7. The molecule has 0 saturated heterocycles. The van der Waals surface area contributed by atoms with Crippen molar-refractivity contribution >= 4 is 30.2 Å². The topological polar surface area (TPSA) is 44.8 Å². The second kappa shape index (κ2) is 9.24. The van der Waals surface area contributed by atoms with Crippen molar-refractivity contribution < 1.29 is 18.7 Å². The number of esters is 1. The molecule has 0 aromatic heterocycles. The highest BCUT2D eigenvalue weighted by Gasteiger charge is 2.37. The van der Waals surface area contributed by atoms with Crippen LogP contribution in [-0.4, -0.2) is 21.4 Å². The average Bonchev–Trinajstić information content (AvgIpc) is 2.64. The molecule has 0 aliphatic carbocycles. The summed E-state index contributed by atoms with van der Waals surface area (Å²) in [5.74, 6) is 0.400. The Kier molecular flexibility index (Phi) is 7.48. The van der Waals surface area contributed by atoms with E-state index in [1.165, 1.54) is 7.11 Å². The molecule has 0 N–H and O–H groups in total. The number of halogens is 1. The number of carbonyl (C=O) groups is 1. The molecule has 2 aromatic rings. The molecule has 0 radical (unpaired) electrons. The third kappa shape index (κ3) is 5.93. The van der Waals surface area contributed by atoms with Crippen LogP contribution in [0.3, 0.4) is 0 Å². The molecule has 6 heteroatoms. The predicted octanol–water partition coefficient (Wildman–Crippen LogP) is 6.34. The first-order chi connectivity index (χ1) is 13.0. The molecule has 0 atom stereocenters. The Bertz CT molecular complexity index is 828. The van der Waals surface area contributed by atoms with Gasteiger partial charge in [0.15, 0.2) is 8.32 Å². The molecule has 2 rings (SSSR count). The number of hydrogen-bond acceptors (Lipinski definition) is 4. The number of rotatable bonds is 7. The molecule has 0 spiro atoms. The van der Waals surface area contributed by atoms with Crippen LogP contribution in [0.1, 0.15) is 42.3 Å². The maximum atomic E-state index is 11.8.